The molecule has 0 saturated carbocycles. The molecule has 1 aromatic carbocycles. The van der Waals surface area contributed by atoms with Gasteiger partial charge in [0.15, 0.2) is 0 Å². The lowest BCUT2D eigenvalue weighted by Crippen LogP contribution is -2.30. The minimum absolute atomic E-state index is 0.0751. The van der Waals surface area contributed by atoms with Crippen molar-refractivity contribution >= 4 is 5.71 Å². The van der Waals surface area contributed by atoms with Gasteiger partial charge in [-0.2, -0.15) is 0 Å². The first-order valence-corrected chi connectivity index (χ1v) is 6.04. The normalized spacial score (nSPS) is 18.0. The second kappa shape index (κ2) is 4.53. The van der Waals surface area contributed by atoms with Crippen molar-refractivity contribution in [3.05, 3.63) is 35.4 Å². The highest BCUT2D eigenvalue weighted by molar-refractivity contribution is 6.06. The molecule has 19 heavy (non-hydrogen) atoms. The van der Waals surface area contributed by atoms with Gasteiger partial charge in [0, 0.05) is 5.56 Å². The highest BCUT2D eigenvalue weighted by atomic mass is 16.4. The number of hydrogen-bond donors (Lipinski definition) is 1. The van der Waals surface area contributed by atoms with Crippen molar-refractivity contribution in [2.24, 2.45) is 25.8 Å². The van der Waals surface area contributed by atoms with Gasteiger partial charge < -0.3 is 5.21 Å². The molecule has 0 atom stereocenters. The van der Waals surface area contributed by atoms with Gasteiger partial charge in [0.05, 0.1) is 0 Å². The maximum atomic E-state index is 9.22. The molecule has 0 unspecified atom stereocenters. The van der Waals surface area contributed by atoms with Crippen LogP contribution in [-0.2, 0) is 5.41 Å². The van der Waals surface area contributed by atoms with E-state index in [9.17, 15) is 5.21 Å². The first-order chi connectivity index (χ1) is 8.87. The van der Waals surface area contributed by atoms with Crippen LogP contribution in [0.3, 0.4) is 0 Å². The van der Waals surface area contributed by atoms with Crippen molar-refractivity contribution in [2.75, 3.05) is 0 Å². The van der Waals surface area contributed by atoms with Crippen LogP contribution in [0, 0.1) is 0 Å². The molecule has 0 fully saturated rings. The number of oxime groups is 1. The van der Waals surface area contributed by atoms with Gasteiger partial charge in [0.25, 0.3) is 0 Å². The first kappa shape index (κ1) is 13.3. The Morgan fingerprint density at radius 3 is 2.05 bits per heavy atom. The highest BCUT2D eigenvalue weighted by Crippen LogP contribution is 2.27. The minimum atomic E-state index is -1.04. The third kappa shape index (κ3) is 2.52. The van der Waals surface area contributed by atoms with E-state index in [1.54, 1.807) is 6.92 Å². The Hall–Kier alpha value is -2.11. The number of nitrogens with zero attached hydrogens (tertiary/aromatic N) is 5. The second-order valence-electron chi connectivity index (χ2n) is 5.68. The van der Waals surface area contributed by atoms with E-state index in [-0.39, 0.29) is 5.41 Å². The molecule has 0 radical (unpaired) electrons. The maximum Gasteiger partial charge on any atom is 0.237 e. The fraction of sp³-hybridized carbons (Fsp3) is 0.462. The maximum absolute atomic E-state index is 9.22. The van der Waals surface area contributed by atoms with E-state index < -0.39 is 5.66 Å². The Labute approximate surface area is 111 Å². The van der Waals surface area contributed by atoms with Gasteiger partial charge in [0.2, 0.25) is 5.66 Å². The second-order valence-corrected chi connectivity index (χ2v) is 5.68. The molecule has 0 saturated heterocycles. The van der Waals surface area contributed by atoms with Gasteiger partial charge >= 0.3 is 0 Å². The molecule has 6 heteroatoms. The van der Waals surface area contributed by atoms with E-state index in [0.717, 1.165) is 5.56 Å². The van der Waals surface area contributed by atoms with Crippen molar-refractivity contribution in [3.63, 3.8) is 0 Å². The van der Waals surface area contributed by atoms with E-state index in [1.807, 2.05) is 24.3 Å². The summed E-state index contributed by atoms with van der Waals surface area (Å²) in [5, 5.41) is 27.3. The van der Waals surface area contributed by atoms with Gasteiger partial charge in [-0.05, 0) is 28.3 Å². The summed E-state index contributed by atoms with van der Waals surface area (Å²) < 4.78 is 0. The largest absolute Gasteiger partial charge is 0.410 e. The summed E-state index contributed by atoms with van der Waals surface area (Å²) in [6, 6.07) is 7.80. The summed E-state index contributed by atoms with van der Waals surface area (Å²) in [4.78, 5) is 0. The molecule has 0 spiro atoms. The summed E-state index contributed by atoms with van der Waals surface area (Å²) >= 11 is 0. The molecule has 0 aliphatic carbocycles. The molecule has 1 heterocycles. The Morgan fingerprint density at radius 1 is 1.11 bits per heavy atom. The van der Waals surface area contributed by atoms with E-state index in [1.165, 1.54) is 5.56 Å². The highest BCUT2D eigenvalue weighted by Gasteiger charge is 2.35. The van der Waals surface area contributed by atoms with Gasteiger partial charge in [-0.3, -0.25) is 0 Å². The average molecular weight is 259 g/mol. The molecular weight excluding hydrogens is 242 g/mol. The SMILES string of the molecule is CC1(C(=NO)c2ccc(C(C)(C)C)cc2)N=NN=N1. The van der Waals surface area contributed by atoms with Crippen LogP contribution in [0.5, 0.6) is 0 Å². The van der Waals surface area contributed by atoms with E-state index in [2.05, 4.69) is 46.6 Å². The molecular formula is C13H17N5O. The van der Waals surface area contributed by atoms with Gasteiger partial charge in [-0.15, -0.1) is 10.2 Å². The topological polar surface area (TPSA) is 82.0 Å². The Balaban J connectivity index is 2.36. The fourth-order valence-corrected chi connectivity index (χ4v) is 1.88. The molecule has 0 amide bonds. The standard InChI is InChI=1S/C13H17N5O/c1-12(2,3)10-7-5-9(6-8-10)11(14-19)13(4)15-17-18-16-13/h5-8,19H,1-4H3. The predicted molar refractivity (Wildman–Crippen MR) is 71.6 cm³/mol. The van der Waals surface area contributed by atoms with Crippen LogP contribution in [0.1, 0.15) is 38.8 Å². The van der Waals surface area contributed by atoms with Crippen LogP contribution < -0.4 is 0 Å². The third-order valence-corrected chi connectivity index (χ3v) is 3.09. The molecule has 0 aromatic heterocycles. The Bertz CT molecular complexity index is 539. The van der Waals surface area contributed by atoms with E-state index in [0.29, 0.717) is 5.71 Å². The molecule has 0 bridgehead atoms. The summed E-state index contributed by atoms with van der Waals surface area (Å²) in [6.45, 7) is 8.12. The zero-order valence-electron chi connectivity index (χ0n) is 11.5. The zero-order chi connectivity index (χ0) is 14.1. The lowest BCUT2D eigenvalue weighted by atomic mass is 9.86. The van der Waals surface area contributed by atoms with Crippen LogP contribution in [0.25, 0.3) is 0 Å². The molecule has 1 aliphatic heterocycles. The van der Waals surface area contributed by atoms with Gasteiger partial charge in [0.1, 0.15) is 5.71 Å². The number of benzene rings is 1. The summed E-state index contributed by atoms with van der Waals surface area (Å²) in [7, 11) is 0. The number of hydrogen-bond acceptors (Lipinski definition) is 6. The molecule has 2 rings (SSSR count). The number of rotatable bonds is 2. The van der Waals surface area contributed by atoms with Crippen LogP contribution in [0.15, 0.2) is 50.1 Å². The van der Waals surface area contributed by atoms with Crippen molar-refractivity contribution in [2.45, 2.75) is 38.8 Å². The molecule has 1 aromatic rings. The molecule has 1 aliphatic rings. The third-order valence-electron chi connectivity index (χ3n) is 3.09. The Kier molecular flexibility index (Phi) is 3.18. The quantitative estimate of drug-likeness (QED) is 0.490. The van der Waals surface area contributed by atoms with Crippen molar-refractivity contribution in [1.29, 1.82) is 0 Å². The molecule has 1 N–H and O–H groups in total. The van der Waals surface area contributed by atoms with Crippen LogP contribution in [0.2, 0.25) is 0 Å². The lowest BCUT2D eigenvalue weighted by molar-refractivity contribution is 0.314. The smallest absolute Gasteiger partial charge is 0.237 e. The van der Waals surface area contributed by atoms with E-state index >= 15 is 0 Å². The molecule has 6 nitrogen and oxygen atoms in total. The van der Waals surface area contributed by atoms with E-state index in [4.69, 9.17) is 0 Å². The van der Waals surface area contributed by atoms with Crippen LogP contribution in [0.4, 0.5) is 0 Å². The lowest BCUT2D eigenvalue weighted by Gasteiger charge is -2.20. The van der Waals surface area contributed by atoms with Crippen LogP contribution >= 0.6 is 0 Å². The Morgan fingerprint density at radius 2 is 1.63 bits per heavy atom. The summed E-state index contributed by atoms with van der Waals surface area (Å²) in [6.07, 6.45) is 0. The fourth-order valence-electron chi connectivity index (χ4n) is 1.88. The summed E-state index contributed by atoms with van der Waals surface area (Å²) in [5.41, 5.74) is 1.31. The van der Waals surface area contributed by atoms with Crippen LogP contribution in [-0.4, -0.2) is 16.6 Å². The average Bonchev–Trinajstić information content (AvgIpc) is 2.77. The molecule has 100 valence electrons. The van der Waals surface area contributed by atoms with Gasteiger partial charge in [-0.1, -0.05) is 50.2 Å². The van der Waals surface area contributed by atoms with Gasteiger partial charge in [-0.25, -0.2) is 0 Å². The zero-order valence-corrected chi connectivity index (χ0v) is 11.5. The summed E-state index contributed by atoms with van der Waals surface area (Å²) in [5.74, 6) is 0. The van der Waals surface area contributed by atoms with Crippen molar-refractivity contribution in [3.8, 4) is 0 Å². The minimum Gasteiger partial charge on any atom is -0.410 e. The predicted octanol–water partition coefficient (Wildman–Crippen LogP) is 3.71. The first-order valence-electron chi connectivity index (χ1n) is 6.04. The van der Waals surface area contributed by atoms with Crippen molar-refractivity contribution in [1.82, 2.24) is 0 Å². The monoisotopic (exact) mass is 259 g/mol. The van der Waals surface area contributed by atoms with Crippen molar-refractivity contribution < 1.29 is 5.21 Å².